The second-order valence-electron chi connectivity index (χ2n) is 6.65. The molecule has 1 aromatic carbocycles. The Morgan fingerprint density at radius 3 is 2.79 bits per heavy atom. The topological polar surface area (TPSA) is 79.5 Å². The number of aliphatic carboxylic acids is 1. The van der Waals surface area contributed by atoms with Gasteiger partial charge < -0.3 is 14.8 Å². The van der Waals surface area contributed by atoms with Gasteiger partial charge in [0.2, 0.25) is 5.91 Å². The van der Waals surface area contributed by atoms with Gasteiger partial charge in [-0.1, -0.05) is 0 Å². The first-order chi connectivity index (χ1) is 11.6. The number of fused-ring (bicyclic) bond motifs is 2. The molecule has 126 valence electrons. The van der Waals surface area contributed by atoms with E-state index in [-0.39, 0.29) is 12.3 Å². The van der Waals surface area contributed by atoms with Crippen LogP contribution in [0.5, 0.6) is 0 Å². The van der Waals surface area contributed by atoms with Gasteiger partial charge in [0.05, 0.1) is 12.7 Å². The average molecular weight is 345 g/mol. The van der Waals surface area contributed by atoms with E-state index in [4.69, 9.17) is 4.42 Å². The van der Waals surface area contributed by atoms with Gasteiger partial charge in [0.15, 0.2) is 0 Å². The van der Waals surface area contributed by atoms with Crippen LogP contribution < -0.4 is 5.32 Å². The predicted molar refractivity (Wildman–Crippen MR) is 92.4 cm³/mol. The summed E-state index contributed by atoms with van der Waals surface area (Å²) in [6, 6.07) is 4.20. The highest BCUT2D eigenvalue weighted by Gasteiger charge is 2.43. The van der Waals surface area contributed by atoms with Crippen LogP contribution in [0.4, 0.5) is 0 Å². The van der Waals surface area contributed by atoms with E-state index in [1.165, 1.54) is 11.1 Å². The first-order valence-corrected chi connectivity index (χ1v) is 9.37. The maximum Gasteiger partial charge on any atom is 0.330 e. The summed E-state index contributed by atoms with van der Waals surface area (Å²) < 4.78 is 5.62. The number of benzene rings is 1. The number of amides is 1. The Hall–Kier alpha value is -1.95. The summed E-state index contributed by atoms with van der Waals surface area (Å²) in [6.07, 6.45) is 5.55. The van der Waals surface area contributed by atoms with Crippen molar-refractivity contribution in [2.24, 2.45) is 0 Å². The lowest BCUT2D eigenvalue weighted by atomic mass is 9.98. The molecule has 0 bridgehead atoms. The Labute approximate surface area is 143 Å². The van der Waals surface area contributed by atoms with Crippen molar-refractivity contribution in [2.75, 3.05) is 11.5 Å². The lowest BCUT2D eigenvalue weighted by Crippen LogP contribution is -2.55. The number of thioether (sulfide) groups is 1. The Balaban J connectivity index is 1.56. The highest BCUT2D eigenvalue weighted by Crippen LogP contribution is 2.31. The number of nitrogens with one attached hydrogen (secondary N) is 1. The Bertz CT molecular complexity index is 820. The van der Waals surface area contributed by atoms with Gasteiger partial charge in [0, 0.05) is 16.7 Å². The molecule has 4 rings (SSSR count). The minimum atomic E-state index is -1.12. The van der Waals surface area contributed by atoms with Crippen molar-refractivity contribution in [3.63, 3.8) is 0 Å². The number of carbonyl (C=O) groups excluding carboxylic acids is 1. The van der Waals surface area contributed by atoms with Gasteiger partial charge >= 0.3 is 5.97 Å². The normalized spacial score (nSPS) is 22.7. The molecule has 6 heteroatoms. The summed E-state index contributed by atoms with van der Waals surface area (Å²) in [7, 11) is 0. The quantitative estimate of drug-likeness (QED) is 0.890. The van der Waals surface area contributed by atoms with E-state index in [1.54, 1.807) is 18.0 Å². The van der Waals surface area contributed by atoms with Gasteiger partial charge in [-0.2, -0.15) is 11.8 Å². The van der Waals surface area contributed by atoms with E-state index in [9.17, 15) is 14.7 Å². The molecule has 1 unspecified atom stereocenters. The zero-order chi connectivity index (χ0) is 16.7. The third-order valence-electron chi connectivity index (χ3n) is 5.03. The van der Waals surface area contributed by atoms with Crippen LogP contribution in [0, 0.1) is 0 Å². The van der Waals surface area contributed by atoms with E-state index in [0.29, 0.717) is 12.2 Å². The fourth-order valence-electron chi connectivity index (χ4n) is 3.65. The molecule has 0 radical (unpaired) electrons. The van der Waals surface area contributed by atoms with Crippen molar-refractivity contribution in [2.45, 2.75) is 37.6 Å². The molecule has 2 heterocycles. The van der Waals surface area contributed by atoms with Crippen molar-refractivity contribution in [3.8, 4) is 0 Å². The monoisotopic (exact) mass is 345 g/mol. The number of furan rings is 1. The molecule has 1 atom stereocenters. The van der Waals surface area contributed by atoms with E-state index in [2.05, 4.69) is 17.4 Å². The van der Waals surface area contributed by atoms with E-state index in [0.717, 1.165) is 41.5 Å². The fourth-order valence-corrected chi connectivity index (χ4v) is 4.98. The SMILES string of the molecule is O=C(Cc1coc2cc3c(cc12)CCC3)NC1(C(=O)O)CCSC1. The maximum atomic E-state index is 12.4. The predicted octanol–water partition coefficient (Wildman–Crippen LogP) is 2.54. The molecule has 24 heavy (non-hydrogen) atoms. The summed E-state index contributed by atoms with van der Waals surface area (Å²) in [4.78, 5) is 24.0. The van der Waals surface area contributed by atoms with E-state index < -0.39 is 11.5 Å². The first kappa shape index (κ1) is 15.6. The number of carbonyl (C=O) groups is 2. The number of hydrogen-bond donors (Lipinski definition) is 2. The number of carboxylic acids is 1. The van der Waals surface area contributed by atoms with Crippen molar-refractivity contribution in [3.05, 3.63) is 35.1 Å². The second kappa shape index (κ2) is 5.84. The molecule has 1 saturated heterocycles. The summed E-state index contributed by atoms with van der Waals surface area (Å²) in [5, 5.41) is 13.2. The lowest BCUT2D eigenvalue weighted by molar-refractivity contribution is -0.146. The third-order valence-corrected chi connectivity index (χ3v) is 6.22. The molecule has 0 spiro atoms. The number of hydrogen-bond acceptors (Lipinski definition) is 4. The second-order valence-corrected chi connectivity index (χ2v) is 7.75. The number of carboxylic acid groups (broad SMARTS) is 1. The Kier molecular flexibility index (Phi) is 3.79. The van der Waals surface area contributed by atoms with Gasteiger partial charge in [0.25, 0.3) is 0 Å². The molecular formula is C18H19NO4S. The molecule has 1 aliphatic heterocycles. The van der Waals surface area contributed by atoms with Crippen LogP contribution in [0.2, 0.25) is 0 Å². The molecule has 1 aliphatic carbocycles. The average Bonchev–Trinajstić information content (AvgIpc) is 3.26. The van der Waals surface area contributed by atoms with Gasteiger partial charge in [-0.25, -0.2) is 4.79 Å². The number of rotatable bonds is 4. The van der Waals surface area contributed by atoms with Crippen LogP contribution in [0.25, 0.3) is 11.0 Å². The minimum absolute atomic E-state index is 0.144. The summed E-state index contributed by atoms with van der Waals surface area (Å²) in [6.45, 7) is 0. The minimum Gasteiger partial charge on any atom is -0.479 e. The van der Waals surface area contributed by atoms with E-state index >= 15 is 0 Å². The van der Waals surface area contributed by atoms with Crippen molar-refractivity contribution >= 4 is 34.6 Å². The molecule has 1 fully saturated rings. The van der Waals surface area contributed by atoms with Crippen molar-refractivity contribution in [1.29, 1.82) is 0 Å². The fraction of sp³-hybridized carbons (Fsp3) is 0.444. The third kappa shape index (κ3) is 2.59. The zero-order valence-electron chi connectivity index (χ0n) is 13.3. The van der Waals surface area contributed by atoms with Crippen LogP contribution in [0.1, 0.15) is 29.5 Å². The van der Waals surface area contributed by atoms with Gasteiger partial charge in [0.1, 0.15) is 11.1 Å². The largest absolute Gasteiger partial charge is 0.479 e. The molecule has 5 nitrogen and oxygen atoms in total. The van der Waals surface area contributed by atoms with E-state index in [1.807, 2.05) is 0 Å². The lowest BCUT2D eigenvalue weighted by Gasteiger charge is -2.24. The van der Waals surface area contributed by atoms with Crippen LogP contribution in [0.3, 0.4) is 0 Å². The van der Waals surface area contributed by atoms with Crippen molar-refractivity contribution in [1.82, 2.24) is 5.32 Å². The smallest absolute Gasteiger partial charge is 0.330 e. The molecule has 2 N–H and O–H groups in total. The molecule has 0 saturated carbocycles. The van der Waals surface area contributed by atoms with Gasteiger partial charge in [-0.05, 0) is 54.7 Å². The standard InChI is InChI=1S/C18H19NO4S/c20-16(19-18(17(21)22)4-5-24-10-18)8-13-9-23-15-7-12-3-1-2-11(12)6-14(13)15/h6-7,9H,1-5,8,10H2,(H,19,20)(H,21,22). The Morgan fingerprint density at radius 2 is 2.08 bits per heavy atom. The highest BCUT2D eigenvalue weighted by atomic mass is 32.2. The van der Waals surface area contributed by atoms with Crippen molar-refractivity contribution < 1.29 is 19.1 Å². The zero-order valence-corrected chi connectivity index (χ0v) is 14.1. The molecule has 2 aromatic rings. The number of aryl methyl sites for hydroxylation is 2. The Morgan fingerprint density at radius 1 is 1.29 bits per heavy atom. The summed E-state index contributed by atoms with van der Waals surface area (Å²) in [5.74, 6) is -0.0278. The molecule has 1 amide bonds. The van der Waals surface area contributed by atoms with Crippen LogP contribution >= 0.6 is 11.8 Å². The molecule has 2 aliphatic rings. The maximum absolute atomic E-state index is 12.4. The summed E-state index contributed by atoms with van der Waals surface area (Å²) >= 11 is 1.56. The molecule has 1 aromatic heterocycles. The van der Waals surface area contributed by atoms with Crippen LogP contribution in [0.15, 0.2) is 22.8 Å². The highest BCUT2D eigenvalue weighted by molar-refractivity contribution is 7.99. The first-order valence-electron chi connectivity index (χ1n) is 8.21. The van der Waals surface area contributed by atoms with Crippen LogP contribution in [-0.2, 0) is 28.9 Å². The van der Waals surface area contributed by atoms with Gasteiger partial charge in [-0.3, -0.25) is 4.79 Å². The van der Waals surface area contributed by atoms with Gasteiger partial charge in [-0.15, -0.1) is 0 Å². The molecular weight excluding hydrogens is 326 g/mol. The van der Waals surface area contributed by atoms with Crippen LogP contribution in [-0.4, -0.2) is 34.0 Å². The summed E-state index contributed by atoms with van der Waals surface area (Å²) in [5.41, 5.74) is 3.18.